The van der Waals surface area contributed by atoms with Gasteiger partial charge in [0.15, 0.2) is 9.84 Å². The minimum Gasteiger partial charge on any atom is -0.493 e. The third kappa shape index (κ3) is 4.28. The molecular weight excluding hydrogens is 292 g/mol. The van der Waals surface area contributed by atoms with Crippen LogP contribution in [-0.4, -0.2) is 27.0 Å². The summed E-state index contributed by atoms with van der Waals surface area (Å²) < 4.78 is 28.9. The molecule has 0 saturated carbocycles. The summed E-state index contributed by atoms with van der Waals surface area (Å²) in [4.78, 5) is 1.15. The summed E-state index contributed by atoms with van der Waals surface area (Å²) >= 11 is 1.49. The molecule has 2 aromatic rings. The topological polar surface area (TPSA) is 43.4 Å². The Morgan fingerprint density at radius 2 is 1.65 bits per heavy atom. The maximum absolute atomic E-state index is 11.7. The summed E-state index contributed by atoms with van der Waals surface area (Å²) in [5, 5.41) is 0. The van der Waals surface area contributed by atoms with E-state index in [1.807, 2.05) is 42.5 Å². The van der Waals surface area contributed by atoms with E-state index in [-0.39, 0.29) is 0 Å². The van der Waals surface area contributed by atoms with Crippen molar-refractivity contribution in [1.82, 2.24) is 0 Å². The van der Waals surface area contributed by atoms with Gasteiger partial charge in [-0.1, -0.05) is 30.3 Å². The summed E-state index contributed by atoms with van der Waals surface area (Å²) in [5.41, 5.74) is 0. The van der Waals surface area contributed by atoms with Gasteiger partial charge in [-0.2, -0.15) is 0 Å². The van der Waals surface area contributed by atoms with Crippen molar-refractivity contribution < 1.29 is 13.2 Å². The van der Waals surface area contributed by atoms with Gasteiger partial charge in [0, 0.05) is 16.9 Å². The van der Waals surface area contributed by atoms with Crippen molar-refractivity contribution in [3.8, 4) is 5.75 Å². The predicted molar refractivity (Wildman–Crippen MR) is 82.2 cm³/mol. The summed E-state index contributed by atoms with van der Waals surface area (Å²) in [7, 11) is -3.18. The molecule has 2 aromatic carbocycles. The lowest BCUT2D eigenvalue weighted by Crippen LogP contribution is -2.02. The molecule has 0 spiro atoms. The zero-order valence-corrected chi connectivity index (χ0v) is 12.8. The molecule has 0 aromatic heterocycles. The zero-order chi connectivity index (χ0) is 14.4. The maximum atomic E-state index is 11.7. The lowest BCUT2D eigenvalue weighted by atomic mass is 10.3. The largest absolute Gasteiger partial charge is 0.493 e. The average molecular weight is 308 g/mol. The van der Waals surface area contributed by atoms with Gasteiger partial charge in [-0.3, -0.25) is 0 Å². The Balaban J connectivity index is 1.92. The Hall–Kier alpha value is -1.46. The second-order valence-electron chi connectivity index (χ2n) is 4.23. The highest BCUT2D eigenvalue weighted by Gasteiger charge is 2.12. The molecule has 0 heterocycles. The van der Waals surface area contributed by atoms with E-state index in [0.717, 1.165) is 10.6 Å². The van der Waals surface area contributed by atoms with Gasteiger partial charge in [-0.15, -0.1) is 11.8 Å². The number of hydrogen-bond acceptors (Lipinski definition) is 4. The summed E-state index contributed by atoms with van der Waals surface area (Å²) in [6.45, 7) is 0.535. The first-order valence-corrected chi connectivity index (χ1v) is 9.05. The Labute approximate surface area is 123 Å². The highest BCUT2D eigenvalue weighted by molar-refractivity contribution is 8.00. The Kier molecular flexibility index (Phi) is 5.09. The van der Waals surface area contributed by atoms with Crippen molar-refractivity contribution in [2.75, 3.05) is 18.6 Å². The van der Waals surface area contributed by atoms with E-state index < -0.39 is 9.84 Å². The molecule has 0 bridgehead atoms. The fraction of sp³-hybridized carbons (Fsp3) is 0.200. The smallest absolute Gasteiger partial charge is 0.176 e. The van der Waals surface area contributed by atoms with Gasteiger partial charge in [-0.05, 0) is 24.3 Å². The standard InChI is InChI=1S/C15H16O3S2/c1-20(16,17)15-10-6-5-9-14(15)19-12-11-18-13-7-3-2-4-8-13/h2-10H,11-12H2,1H3. The normalized spacial score (nSPS) is 11.2. The lowest BCUT2D eigenvalue weighted by molar-refractivity contribution is 0.344. The van der Waals surface area contributed by atoms with Gasteiger partial charge < -0.3 is 4.74 Å². The van der Waals surface area contributed by atoms with Crippen molar-refractivity contribution in [1.29, 1.82) is 0 Å². The number of rotatable bonds is 6. The van der Waals surface area contributed by atoms with Crippen LogP contribution in [0, 0.1) is 0 Å². The molecule has 0 aliphatic rings. The van der Waals surface area contributed by atoms with Crippen molar-refractivity contribution in [2.24, 2.45) is 0 Å². The van der Waals surface area contributed by atoms with Crippen LogP contribution < -0.4 is 4.74 Å². The van der Waals surface area contributed by atoms with E-state index in [2.05, 4.69) is 0 Å². The van der Waals surface area contributed by atoms with Gasteiger partial charge >= 0.3 is 0 Å². The zero-order valence-electron chi connectivity index (χ0n) is 11.2. The van der Waals surface area contributed by atoms with Crippen LogP contribution >= 0.6 is 11.8 Å². The van der Waals surface area contributed by atoms with Crippen LogP contribution in [-0.2, 0) is 9.84 Å². The predicted octanol–water partition coefficient (Wildman–Crippen LogP) is 3.26. The quantitative estimate of drug-likeness (QED) is 0.607. The third-order valence-electron chi connectivity index (χ3n) is 2.60. The summed E-state index contributed by atoms with van der Waals surface area (Å²) in [5.74, 6) is 1.52. The van der Waals surface area contributed by atoms with E-state index in [4.69, 9.17) is 4.74 Å². The first kappa shape index (κ1) is 14.9. The molecule has 20 heavy (non-hydrogen) atoms. The van der Waals surface area contributed by atoms with Crippen LogP contribution in [0.1, 0.15) is 0 Å². The Morgan fingerprint density at radius 3 is 2.35 bits per heavy atom. The van der Waals surface area contributed by atoms with Gasteiger partial charge in [0.25, 0.3) is 0 Å². The molecule has 0 aliphatic heterocycles. The number of ether oxygens (including phenoxy) is 1. The minimum atomic E-state index is -3.18. The van der Waals surface area contributed by atoms with E-state index in [9.17, 15) is 8.42 Å². The van der Waals surface area contributed by atoms with Gasteiger partial charge in [0.1, 0.15) is 5.75 Å². The monoisotopic (exact) mass is 308 g/mol. The van der Waals surface area contributed by atoms with Crippen molar-refractivity contribution in [2.45, 2.75) is 9.79 Å². The Morgan fingerprint density at radius 1 is 1.00 bits per heavy atom. The first-order valence-electron chi connectivity index (χ1n) is 6.17. The maximum Gasteiger partial charge on any atom is 0.176 e. The molecule has 5 heteroatoms. The molecule has 0 N–H and O–H groups in total. The molecule has 0 fully saturated rings. The number of benzene rings is 2. The third-order valence-corrected chi connectivity index (χ3v) is 4.92. The number of hydrogen-bond donors (Lipinski definition) is 0. The fourth-order valence-electron chi connectivity index (χ4n) is 1.70. The van der Waals surface area contributed by atoms with E-state index in [1.54, 1.807) is 12.1 Å². The SMILES string of the molecule is CS(=O)(=O)c1ccccc1SCCOc1ccccc1. The molecule has 3 nitrogen and oxygen atoms in total. The van der Waals surface area contributed by atoms with Crippen molar-refractivity contribution in [3.63, 3.8) is 0 Å². The van der Waals surface area contributed by atoms with Crippen molar-refractivity contribution in [3.05, 3.63) is 54.6 Å². The number of thioether (sulfide) groups is 1. The summed E-state index contributed by atoms with van der Waals surface area (Å²) in [6.07, 6.45) is 1.23. The van der Waals surface area contributed by atoms with Crippen molar-refractivity contribution >= 4 is 21.6 Å². The molecule has 0 saturated heterocycles. The van der Waals surface area contributed by atoms with Crippen LogP contribution in [0.2, 0.25) is 0 Å². The second-order valence-corrected chi connectivity index (χ2v) is 7.35. The van der Waals surface area contributed by atoms with Crippen LogP contribution in [0.25, 0.3) is 0 Å². The lowest BCUT2D eigenvalue weighted by Gasteiger charge is -2.08. The highest BCUT2D eigenvalue weighted by Crippen LogP contribution is 2.26. The summed E-state index contributed by atoms with van der Waals surface area (Å²) in [6, 6.07) is 16.6. The molecule has 2 rings (SSSR count). The molecule has 0 radical (unpaired) electrons. The van der Waals surface area contributed by atoms with Gasteiger partial charge in [0.2, 0.25) is 0 Å². The van der Waals surface area contributed by atoms with Crippen LogP contribution in [0.4, 0.5) is 0 Å². The second kappa shape index (κ2) is 6.81. The average Bonchev–Trinajstić information content (AvgIpc) is 2.44. The van der Waals surface area contributed by atoms with Crippen LogP contribution in [0.15, 0.2) is 64.4 Å². The van der Waals surface area contributed by atoms with E-state index in [1.165, 1.54) is 18.0 Å². The van der Waals surface area contributed by atoms with E-state index >= 15 is 0 Å². The van der Waals surface area contributed by atoms with Gasteiger partial charge in [0.05, 0.1) is 11.5 Å². The molecule has 106 valence electrons. The molecular formula is C15H16O3S2. The number of sulfone groups is 1. The molecule has 0 amide bonds. The minimum absolute atomic E-state index is 0.379. The number of para-hydroxylation sites is 1. The fourth-order valence-corrected chi connectivity index (χ4v) is 3.87. The van der Waals surface area contributed by atoms with Crippen LogP contribution in [0.5, 0.6) is 5.75 Å². The highest BCUT2D eigenvalue weighted by atomic mass is 32.2. The molecule has 0 unspecified atom stereocenters. The van der Waals surface area contributed by atoms with E-state index in [0.29, 0.717) is 17.3 Å². The molecule has 0 atom stereocenters. The molecule has 0 aliphatic carbocycles. The van der Waals surface area contributed by atoms with Crippen LogP contribution in [0.3, 0.4) is 0 Å². The first-order chi connectivity index (χ1) is 9.57. The Bertz CT molecular complexity index is 652. The van der Waals surface area contributed by atoms with Gasteiger partial charge in [-0.25, -0.2) is 8.42 Å².